The fourth-order valence-electron chi connectivity index (χ4n) is 3.53. The van der Waals surface area contributed by atoms with Gasteiger partial charge in [-0.2, -0.15) is 26.3 Å². The molecule has 0 aliphatic carbocycles. The number of halogens is 8. The second kappa shape index (κ2) is 8.35. The number of pyridine rings is 1. The summed E-state index contributed by atoms with van der Waals surface area (Å²) in [6.45, 7) is -1.56. The quantitative estimate of drug-likeness (QED) is 0.457. The van der Waals surface area contributed by atoms with Gasteiger partial charge < -0.3 is 10.2 Å². The Hall–Kier alpha value is -2.99. The summed E-state index contributed by atoms with van der Waals surface area (Å²) in [5, 5.41) is 5.31. The van der Waals surface area contributed by atoms with Crippen LogP contribution in [0.1, 0.15) is 28.0 Å². The lowest BCUT2D eigenvalue weighted by molar-refractivity contribution is -0.275. The molecule has 0 saturated carbocycles. The lowest BCUT2D eigenvalue weighted by atomic mass is 9.87. The van der Waals surface area contributed by atoms with Gasteiger partial charge in [0.1, 0.15) is 17.9 Å². The van der Waals surface area contributed by atoms with Crippen LogP contribution in [0.15, 0.2) is 47.9 Å². The van der Waals surface area contributed by atoms with Crippen molar-refractivity contribution in [3.63, 3.8) is 0 Å². The monoisotopic (exact) mass is 524 g/mol. The molecule has 1 atom stereocenters. The van der Waals surface area contributed by atoms with Gasteiger partial charge in [-0.1, -0.05) is 28.4 Å². The number of amides is 1. The van der Waals surface area contributed by atoms with Gasteiger partial charge in [0.2, 0.25) is 0 Å². The topological polar surface area (TPSA) is 68.0 Å². The van der Waals surface area contributed by atoms with Crippen LogP contribution < -0.4 is 5.32 Å². The first kappa shape index (κ1) is 24.1. The first-order chi connectivity index (χ1) is 15.8. The van der Waals surface area contributed by atoms with Crippen LogP contribution in [0.25, 0.3) is 5.65 Å². The van der Waals surface area contributed by atoms with Gasteiger partial charge in [-0.15, -0.1) is 0 Å². The number of alkyl halides is 6. The lowest BCUT2D eigenvalue weighted by Crippen LogP contribution is -2.42. The molecule has 6 nitrogen and oxygen atoms in total. The number of hydrogen-bond donors (Lipinski definition) is 1. The van der Waals surface area contributed by atoms with Crippen molar-refractivity contribution in [2.75, 3.05) is 6.54 Å². The molecule has 3 heterocycles. The van der Waals surface area contributed by atoms with E-state index in [1.54, 1.807) is 5.32 Å². The number of hydrogen-bond acceptors (Lipinski definition) is 4. The zero-order chi connectivity index (χ0) is 24.9. The van der Waals surface area contributed by atoms with E-state index >= 15 is 0 Å². The Bertz CT molecular complexity index is 1280. The van der Waals surface area contributed by atoms with E-state index in [0.717, 1.165) is 18.2 Å². The molecule has 0 saturated heterocycles. The maximum Gasteiger partial charge on any atom is 0.435 e. The Morgan fingerprint density at radius 1 is 1.12 bits per heavy atom. The van der Waals surface area contributed by atoms with Crippen LogP contribution in [0.2, 0.25) is 10.0 Å². The van der Waals surface area contributed by atoms with E-state index < -0.39 is 36.8 Å². The molecule has 34 heavy (non-hydrogen) atoms. The van der Waals surface area contributed by atoms with Crippen molar-refractivity contribution in [3.8, 4) is 0 Å². The Kier molecular flexibility index (Phi) is 5.93. The number of nitrogens with one attached hydrogen (secondary N) is 1. The highest BCUT2D eigenvalue weighted by Crippen LogP contribution is 2.49. The van der Waals surface area contributed by atoms with Crippen LogP contribution in [0.5, 0.6) is 0 Å². The summed E-state index contributed by atoms with van der Waals surface area (Å²) in [5.41, 5.74) is -3.57. The highest BCUT2D eigenvalue weighted by Gasteiger charge is 2.62. The van der Waals surface area contributed by atoms with Gasteiger partial charge in [-0.25, -0.2) is 4.98 Å². The number of oxime groups is 1. The van der Waals surface area contributed by atoms with E-state index in [9.17, 15) is 31.1 Å². The van der Waals surface area contributed by atoms with Gasteiger partial charge in [0.25, 0.3) is 11.5 Å². The molecule has 1 unspecified atom stereocenters. The smallest absolute Gasteiger partial charge is 0.374 e. The fourth-order valence-corrected chi connectivity index (χ4v) is 4.06. The molecule has 1 amide bonds. The van der Waals surface area contributed by atoms with Crippen LogP contribution in [0, 0.1) is 0 Å². The normalized spacial score (nSPS) is 18.6. The van der Waals surface area contributed by atoms with Crippen LogP contribution in [-0.2, 0) is 10.4 Å². The van der Waals surface area contributed by atoms with E-state index in [-0.39, 0.29) is 38.2 Å². The number of rotatable bonds is 4. The molecule has 1 N–H and O–H groups in total. The molecule has 1 aliphatic rings. The third-order valence-corrected chi connectivity index (χ3v) is 5.49. The van der Waals surface area contributed by atoms with Gasteiger partial charge >= 0.3 is 12.4 Å². The fraction of sp³-hybridized carbons (Fsp3) is 0.250. The van der Waals surface area contributed by atoms with Crippen molar-refractivity contribution in [2.24, 2.45) is 5.16 Å². The lowest BCUT2D eigenvalue weighted by Gasteiger charge is -2.29. The predicted octanol–water partition coefficient (Wildman–Crippen LogP) is 5.52. The van der Waals surface area contributed by atoms with Gasteiger partial charge in [0, 0.05) is 28.0 Å². The first-order valence-electron chi connectivity index (χ1n) is 9.40. The SMILES string of the molecule is O=C(NCC(F)(F)F)c1ccc(C2=NOC(c3cc(Cl)cc(Cl)c3)(C(F)(F)F)C2)n2ccnc12. The highest BCUT2D eigenvalue weighted by molar-refractivity contribution is 6.34. The Balaban J connectivity index is 1.71. The summed E-state index contributed by atoms with van der Waals surface area (Å²) in [7, 11) is 0. The number of nitrogens with zero attached hydrogens (tertiary/aromatic N) is 3. The molecule has 1 aromatic carbocycles. The zero-order valence-corrected chi connectivity index (χ0v) is 18.1. The van der Waals surface area contributed by atoms with E-state index in [2.05, 4.69) is 10.1 Å². The predicted molar refractivity (Wildman–Crippen MR) is 110 cm³/mol. The van der Waals surface area contributed by atoms with Crippen LogP contribution in [0.3, 0.4) is 0 Å². The molecule has 0 spiro atoms. The Morgan fingerprint density at radius 2 is 1.79 bits per heavy atom. The maximum absolute atomic E-state index is 14.2. The molecule has 0 bridgehead atoms. The number of fused-ring (bicyclic) bond motifs is 1. The highest BCUT2D eigenvalue weighted by atomic mass is 35.5. The molecule has 3 aromatic rings. The van der Waals surface area contributed by atoms with Crippen LogP contribution in [-0.4, -0.2) is 39.9 Å². The number of imidazole rings is 1. The van der Waals surface area contributed by atoms with Crippen molar-refractivity contribution in [2.45, 2.75) is 24.4 Å². The van der Waals surface area contributed by atoms with E-state index in [0.29, 0.717) is 0 Å². The minimum absolute atomic E-state index is 0.0330. The zero-order valence-electron chi connectivity index (χ0n) is 16.6. The van der Waals surface area contributed by atoms with Crippen molar-refractivity contribution < 1.29 is 36.0 Å². The minimum atomic E-state index is -4.92. The standard InChI is InChI=1S/C20H12Cl2F6N4O2/c21-11-5-10(6-12(22)7-11)18(20(26,27)28)8-14(31-34-18)15-2-1-13(16-29-3-4-32(15)16)17(33)30-9-19(23,24)25/h1-7H,8-9H2,(H,30,33). The maximum atomic E-state index is 14.2. The summed E-state index contributed by atoms with van der Waals surface area (Å²) in [4.78, 5) is 21.1. The van der Waals surface area contributed by atoms with E-state index in [1.165, 1.54) is 28.9 Å². The summed E-state index contributed by atoms with van der Waals surface area (Å²) in [6.07, 6.45) is -7.74. The third-order valence-electron chi connectivity index (χ3n) is 5.05. The number of aromatic nitrogens is 2. The molecule has 1 aliphatic heterocycles. The summed E-state index contributed by atoms with van der Waals surface area (Å²) in [6, 6.07) is 5.80. The van der Waals surface area contributed by atoms with Crippen molar-refractivity contribution in [3.05, 3.63) is 69.6 Å². The number of carbonyl (C=O) groups excluding carboxylic acids is 1. The molecule has 180 valence electrons. The Labute approximate surface area is 197 Å². The molecular weight excluding hydrogens is 513 g/mol. The second-order valence-corrected chi connectivity index (χ2v) is 8.21. The summed E-state index contributed by atoms with van der Waals surface area (Å²) < 4.78 is 81.2. The molecular formula is C20H12Cl2F6N4O2. The van der Waals surface area contributed by atoms with Crippen molar-refractivity contribution in [1.82, 2.24) is 14.7 Å². The average Bonchev–Trinajstić information content (AvgIpc) is 3.38. The van der Waals surface area contributed by atoms with Crippen LogP contribution >= 0.6 is 23.2 Å². The Morgan fingerprint density at radius 3 is 2.41 bits per heavy atom. The van der Waals surface area contributed by atoms with E-state index in [4.69, 9.17) is 28.0 Å². The van der Waals surface area contributed by atoms with Gasteiger partial charge in [-0.05, 0) is 30.3 Å². The van der Waals surface area contributed by atoms with Crippen molar-refractivity contribution in [1.29, 1.82) is 0 Å². The summed E-state index contributed by atoms with van der Waals surface area (Å²) in [5.74, 6) is -1.05. The first-order valence-corrected chi connectivity index (χ1v) is 10.2. The molecule has 2 aromatic heterocycles. The van der Waals surface area contributed by atoms with E-state index in [1.807, 2.05) is 0 Å². The number of carbonyl (C=O) groups is 1. The largest absolute Gasteiger partial charge is 0.435 e. The second-order valence-electron chi connectivity index (χ2n) is 7.34. The van der Waals surface area contributed by atoms with Gasteiger partial charge in [0.15, 0.2) is 0 Å². The molecule has 4 rings (SSSR count). The molecule has 14 heteroatoms. The van der Waals surface area contributed by atoms with Gasteiger partial charge in [-0.3, -0.25) is 9.20 Å². The minimum Gasteiger partial charge on any atom is -0.374 e. The van der Waals surface area contributed by atoms with Crippen molar-refractivity contribution >= 4 is 40.5 Å². The summed E-state index contributed by atoms with van der Waals surface area (Å²) >= 11 is 11.8. The average molecular weight is 525 g/mol. The number of benzene rings is 1. The third kappa shape index (κ3) is 4.39. The molecule has 0 radical (unpaired) electrons. The van der Waals surface area contributed by atoms with Crippen LogP contribution in [0.4, 0.5) is 26.3 Å². The molecule has 0 fully saturated rings. The van der Waals surface area contributed by atoms with Gasteiger partial charge in [0.05, 0.1) is 17.7 Å².